The molecule has 0 unspecified atom stereocenters. The molecule has 1 spiro atoms. The van der Waals surface area contributed by atoms with Crippen LogP contribution in [0, 0.1) is 23.7 Å². The van der Waals surface area contributed by atoms with Crippen molar-refractivity contribution in [1.82, 2.24) is 0 Å². The number of esters is 2. The lowest BCUT2D eigenvalue weighted by atomic mass is 9.70. The number of aliphatic hydroxyl groups excluding tert-OH is 1. The van der Waals surface area contributed by atoms with Crippen LogP contribution in [-0.2, 0) is 61.8 Å². The number of aliphatic hydroxyl groups is 2. The maximum Gasteiger partial charge on any atom is 0.337 e. The number of carbonyl (C=O) groups is 3. The van der Waals surface area contributed by atoms with E-state index in [1.165, 1.54) is 19.3 Å². The fourth-order valence-corrected chi connectivity index (χ4v) is 10.4. The van der Waals surface area contributed by atoms with Crippen LogP contribution in [0.3, 0.4) is 0 Å². The Morgan fingerprint density at radius 2 is 1.63 bits per heavy atom. The van der Waals surface area contributed by atoms with Gasteiger partial charge in [-0.25, -0.2) is 4.79 Å². The summed E-state index contributed by atoms with van der Waals surface area (Å²) in [7, 11) is 3.10. The van der Waals surface area contributed by atoms with Gasteiger partial charge in [-0.15, -0.1) is 0 Å². The van der Waals surface area contributed by atoms with Crippen molar-refractivity contribution in [2.24, 2.45) is 23.7 Å². The fraction of sp³-hybridized carbons (Fsp3) is 0.729. The first-order valence-corrected chi connectivity index (χ1v) is 22.7. The number of fused-ring (bicyclic) bond motifs is 2. The van der Waals surface area contributed by atoms with Crippen molar-refractivity contribution in [3.05, 3.63) is 59.3 Å². The van der Waals surface area contributed by atoms with Gasteiger partial charge in [-0.2, -0.15) is 0 Å². The summed E-state index contributed by atoms with van der Waals surface area (Å²) in [5.41, 5.74) is -1.12. The minimum absolute atomic E-state index is 0.131. The number of carbonyl (C=O) groups excluding carboxylic acids is 3. The Kier molecular flexibility index (Phi) is 14.7. The smallest absolute Gasteiger partial charge is 0.337 e. The summed E-state index contributed by atoms with van der Waals surface area (Å²) in [6, 6.07) is 0. The molecule has 7 aliphatic rings. The van der Waals surface area contributed by atoms with E-state index in [1.807, 2.05) is 32.9 Å². The Morgan fingerprint density at radius 3 is 2.35 bits per heavy atom. The molecule has 0 saturated carbocycles. The van der Waals surface area contributed by atoms with Crippen molar-refractivity contribution in [3.8, 4) is 0 Å². The molecule has 0 radical (unpaired) electrons. The highest BCUT2D eigenvalue weighted by molar-refractivity contribution is 5.97. The van der Waals surface area contributed by atoms with Crippen molar-refractivity contribution in [3.63, 3.8) is 0 Å². The summed E-state index contributed by atoms with van der Waals surface area (Å²) in [6.45, 7) is 15.5. The van der Waals surface area contributed by atoms with Gasteiger partial charge < -0.3 is 57.6 Å². The van der Waals surface area contributed by atoms with E-state index >= 15 is 0 Å². The van der Waals surface area contributed by atoms with Crippen molar-refractivity contribution in [1.29, 1.82) is 0 Å². The average Bonchev–Trinajstić information content (AvgIpc) is 3.51. The monoisotopic (exact) mass is 884 g/mol. The minimum atomic E-state index is -2.22. The second-order valence-electron chi connectivity index (χ2n) is 18.7. The molecule has 4 fully saturated rings. The molecule has 4 saturated heterocycles. The van der Waals surface area contributed by atoms with Gasteiger partial charge in [0.1, 0.15) is 36.4 Å². The number of hydrogen-bond acceptors (Lipinski definition) is 15. The quantitative estimate of drug-likeness (QED) is 0.242. The SMILES string of the molecule is CC[C@H](C)[C@H]1O[C@]2(C=C[C@@H]1C)C[C@@H]1C[C@@H](C/C=C(\C)[C@@H](O[C@H]3C[C@H](OC)[C@@H](O[C@H]4C[C@H](OC)C(=O)[C@H](C)O4)[C@H](C)O3)[C@@H](C)/C=C/C=C3\C(=O)O[C@@H]4[C@H](O)C(C)=C[C@@H](C(=O)O1)[C@]34O)O2. The van der Waals surface area contributed by atoms with Gasteiger partial charge in [0.05, 0.1) is 36.1 Å². The molecule has 0 aromatic rings. The Labute approximate surface area is 371 Å². The Hall–Kier alpha value is -3.09. The van der Waals surface area contributed by atoms with Crippen molar-refractivity contribution in [2.45, 2.75) is 185 Å². The van der Waals surface area contributed by atoms with Crippen molar-refractivity contribution in [2.75, 3.05) is 14.2 Å². The van der Waals surface area contributed by atoms with E-state index in [0.717, 1.165) is 12.0 Å². The zero-order valence-corrected chi connectivity index (χ0v) is 38.3. The minimum Gasteiger partial charge on any atom is -0.462 e. The molecular formula is C48H68O15. The van der Waals surface area contributed by atoms with Gasteiger partial charge in [0.15, 0.2) is 35.9 Å². The van der Waals surface area contributed by atoms with Crippen LogP contribution in [-0.4, -0.2) is 133 Å². The third-order valence-corrected chi connectivity index (χ3v) is 14.2. The Bertz CT molecular complexity index is 1850. The second-order valence-corrected chi connectivity index (χ2v) is 18.7. The van der Waals surface area contributed by atoms with Gasteiger partial charge in [0.25, 0.3) is 0 Å². The molecular weight excluding hydrogens is 817 g/mol. The van der Waals surface area contributed by atoms with Crippen LogP contribution in [0.15, 0.2) is 59.3 Å². The molecule has 19 atom stereocenters. The summed E-state index contributed by atoms with van der Waals surface area (Å²) < 4.78 is 62.7. The van der Waals surface area contributed by atoms with Crippen LogP contribution in [0.25, 0.3) is 0 Å². The van der Waals surface area contributed by atoms with Gasteiger partial charge in [-0.1, -0.05) is 64.5 Å². The van der Waals surface area contributed by atoms with Crippen LogP contribution in [0.2, 0.25) is 0 Å². The van der Waals surface area contributed by atoms with E-state index in [0.29, 0.717) is 24.8 Å². The van der Waals surface area contributed by atoms with E-state index < -0.39 is 103 Å². The summed E-state index contributed by atoms with van der Waals surface area (Å²) in [5, 5.41) is 23.6. The number of methoxy groups -OCH3 is 2. The van der Waals surface area contributed by atoms with E-state index in [2.05, 4.69) is 32.9 Å². The van der Waals surface area contributed by atoms with Crippen LogP contribution in [0.1, 0.15) is 93.9 Å². The van der Waals surface area contributed by atoms with Gasteiger partial charge in [0.2, 0.25) is 0 Å². The van der Waals surface area contributed by atoms with Gasteiger partial charge >= 0.3 is 11.9 Å². The summed E-state index contributed by atoms with van der Waals surface area (Å²) >= 11 is 0. The average molecular weight is 885 g/mol. The molecule has 7 rings (SSSR count). The first kappa shape index (κ1) is 47.9. The summed E-state index contributed by atoms with van der Waals surface area (Å²) in [6.07, 6.45) is 6.18. The molecule has 2 N–H and O–H groups in total. The Balaban J connectivity index is 1.20. The van der Waals surface area contributed by atoms with Gasteiger partial charge in [-0.3, -0.25) is 9.59 Å². The lowest BCUT2D eigenvalue weighted by Crippen LogP contribution is -2.58. The normalized spacial score (nSPS) is 47.3. The van der Waals surface area contributed by atoms with Crippen LogP contribution >= 0.6 is 0 Å². The summed E-state index contributed by atoms with van der Waals surface area (Å²) in [5.74, 6) is -4.20. The first-order valence-electron chi connectivity index (χ1n) is 22.7. The highest BCUT2D eigenvalue weighted by Crippen LogP contribution is 2.47. The first-order chi connectivity index (χ1) is 29.9. The van der Waals surface area contributed by atoms with Crippen LogP contribution in [0.5, 0.6) is 0 Å². The van der Waals surface area contributed by atoms with Crippen LogP contribution < -0.4 is 0 Å². The number of ketones is 1. The molecule has 1 aliphatic carbocycles. The maximum absolute atomic E-state index is 14.3. The molecule has 0 aromatic carbocycles. The van der Waals surface area contributed by atoms with E-state index in [1.54, 1.807) is 27.0 Å². The van der Waals surface area contributed by atoms with E-state index in [9.17, 15) is 24.6 Å². The standard InChI is InChI=1S/C48H68O15/c1-11-24(2)42-27(5)17-18-47(63-42)23-32-20-31(62-47)16-15-26(4)41(59-38-22-36(55-10)43(30(8)57-38)60-37-21-35(54-9)40(50)29(7)56-37)25(3)13-12-14-33-45(51)61-44-39(49)28(6)19-34(46(52)58-32)48(33,44)53/h12-15,17-19,24-25,27,29-32,34-39,41-44,49,53H,11,16,20-23H2,1-10H3/b13-12+,26-15+,33-14+/t24-,25-,27-,29-,30-,31+,32-,34-,35-,36-,37-,38-,39+,41-,42+,43-,44+,47+,48+/m0/s1. The molecule has 350 valence electrons. The van der Waals surface area contributed by atoms with Gasteiger partial charge in [0, 0.05) is 51.7 Å². The van der Waals surface area contributed by atoms with Crippen molar-refractivity contribution >= 4 is 17.7 Å². The number of ether oxygens (including phenoxy) is 10. The molecule has 15 nitrogen and oxygen atoms in total. The largest absolute Gasteiger partial charge is 0.462 e. The maximum atomic E-state index is 14.3. The highest BCUT2D eigenvalue weighted by atomic mass is 16.7. The van der Waals surface area contributed by atoms with Crippen LogP contribution in [0.4, 0.5) is 0 Å². The van der Waals surface area contributed by atoms with Crippen molar-refractivity contribution < 1.29 is 72.0 Å². The molecule has 6 heterocycles. The molecule has 0 aromatic heterocycles. The van der Waals surface area contributed by atoms with Gasteiger partial charge in [-0.05, 0) is 63.3 Å². The number of hydrogen-bond donors (Lipinski definition) is 2. The van der Waals surface area contributed by atoms with E-state index in [-0.39, 0.29) is 48.1 Å². The Morgan fingerprint density at radius 1 is 0.889 bits per heavy atom. The third-order valence-electron chi connectivity index (χ3n) is 14.2. The highest BCUT2D eigenvalue weighted by Gasteiger charge is 2.64. The molecule has 2 bridgehead atoms. The second kappa shape index (κ2) is 19.4. The zero-order chi connectivity index (χ0) is 45.5. The molecule has 6 aliphatic heterocycles. The summed E-state index contributed by atoms with van der Waals surface area (Å²) in [4.78, 5) is 40.4. The third kappa shape index (κ3) is 9.61. The van der Waals surface area contributed by atoms with E-state index in [4.69, 9.17) is 47.4 Å². The topological polar surface area (TPSA) is 184 Å². The molecule has 15 heteroatoms. The predicted octanol–water partition coefficient (Wildman–Crippen LogP) is 5.11. The lowest BCUT2D eigenvalue weighted by molar-refractivity contribution is -0.305. The molecule has 63 heavy (non-hydrogen) atoms. The number of allylic oxidation sites excluding steroid dienone is 2. The number of Topliss-reactive ketones (excluding diaryl/α,β-unsaturated/α-hetero) is 1. The predicted molar refractivity (Wildman–Crippen MR) is 226 cm³/mol. The fourth-order valence-electron chi connectivity index (χ4n) is 10.4. The zero-order valence-electron chi connectivity index (χ0n) is 38.3. The molecule has 0 amide bonds. The lowest BCUT2D eigenvalue weighted by Gasteiger charge is -2.48. The number of rotatable bonds is 8.